The number of aromatic nitrogens is 4. The second-order valence-electron chi connectivity index (χ2n) is 5.34. The number of aromatic amines is 1. The van der Waals surface area contributed by atoms with Crippen LogP contribution in [0.5, 0.6) is 5.75 Å². The van der Waals surface area contributed by atoms with Crippen LogP contribution in [0.25, 0.3) is 11.2 Å². The number of hydrogen-bond acceptors (Lipinski definition) is 7. The third-order valence-electron chi connectivity index (χ3n) is 3.73. The minimum absolute atomic E-state index is 0.112. The summed E-state index contributed by atoms with van der Waals surface area (Å²) in [4.78, 5) is 34.4. The number of benzene rings is 1. The number of ether oxygens (including phenoxy) is 1. The summed E-state index contributed by atoms with van der Waals surface area (Å²) >= 11 is 0. The summed E-state index contributed by atoms with van der Waals surface area (Å²) in [6.45, 7) is 0.339. The minimum atomic E-state index is -0.395. The summed E-state index contributed by atoms with van der Waals surface area (Å²) in [7, 11) is 1.56. The fourth-order valence-corrected chi connectivity index (χ4v) is 2.59. The number of nitrogens with one attached hydrogen (secondary N) is 3. The first kappa shape index (κ1) is 17.4. The molecule has 0 atom stereocenters. The predicted molar refractivity (Wildman–Crippen MR) is 95.5 cm³/mol. The number of rotatable bonds is 8. The number of amides is 1. The highest BCUT2D eigenvalue weighted by Crippen LogP contribution is 2.22. The lowest BCUT2D eigenvalue weighted by Gasteiger charge is -2.10. The average Bonchev–Trinajstić information content (AvgIpc) is 2.97. The van der Waals surface area contributed by atoms with Crippen molar-refractivity contribution in [2.45, 2.75) is 6.54 Å². The largest absolute Gasteiger partial charge is 0.496 e. The van der Waals surface area contributed by atoms with E-state index in [9.17, 15) is 9.59 Å². The van der Waals surface area contributed by atoms with Crippen LogP contribution in [-0.2, 0) is 11.3 Å². The molecule has 26 heavy (non-hydrogen) atoms. The quantitative estimate of drug-likeness (QED) is 0.421. The molecule has 4 N–H and O–H groups in total. The van der Waals surface area contributed by atoms with E-state index < -0.39 is 5.69 Å². The first-order chi connectivity index (χ1) is 12.7. The Kier molecular flexibility index (Phi) is 5.13. The summed E-state index contributed by atoms with van der Waals surface area (Å²) in [5, 5.41) is 14.2. The van der Waals surface area contributed by atoms with Crippen molar-refractivity contribution in [2.24, 2.45) is 0 Å². The molecule has 0 aliphatic carbocycles. The Balaban J connectivity index is 2.12. The molecule has 0 saturated heterocycles. The summed E-state index contributed by atoms with van der Waals surface area (Å²) in [6.07, 6.45) is 0.466. The number of methoxy groups -OCH3 is 1. The molecule has 0 saturated carbocycles. The number of nitrogens with zero attached hydrogens (tertiary/aromatic N) is 3. The molecule has 0 fully saturated rings. The molecule has 0 bridgehead atoms. The Hall–Kier alpha value is -3.40. The number of carbonyl (C=O) groups is 1. The molecule has 10 nitrogen and oxygen atoms in total. The van der Waals surface area contributed by atoms with Gasteiger partial charge in [-0.2, -0.15) is 9.97 Å². The zero-order chi connectivity index (χ0) is 18.5. The SMILES string of the molecule is COc1ccccc1Cn1c(=O)[nH]c2c(NC=O)nc(NCCO)nc21. The van der Waals surface area contributed by atoms with Crippen LogP contribution in [0.15, 0.2) is 29.1 Å². The van der Waals surface area contributed by atoms with Crippen LogP contribution < -0.4 is 21.1 Å². The number of para-hydroxylation sites is 1. The molecule has 0 spiro atoms. The molecule has 0 aliphatic rings. The van der Waals surface area contributed by atoms with Crippen molar-refractivity contribution in [1.82, 2.24) is 19.5 Å². The Morgan fingerprint density at radius 1 is 1.35 bits per heavy atom. The van der Waals surface area contributed by atoms with Crippen LogP contribution >= 0.6 is 0 Å². The Labute approximate surface area is 147 Å². The van der Waals surface area contributed by atoms with E-state index in [4.69, 9.17) is 9.84 Å². The van der Waals surface area contributed by atoms with E-state index in [1.54, 1.807) is 13.2 Å². The van der Waals surface area contributed by atoms with Gasteiger partial charge in [-0.1, -0.05) is 18.2 Å². The van der Waals surface area contributed by atoms with Crippen LogP contribution in [0.2, 0.25) is 0 Å². The van der Waals surface area contributed by atoms with Crippen molar-refractivity contribution in [2.75, 3.05) is 30.9 Å². The first-order valence-corrected chi connectivity index (χ1v) is 7.85. The molecule has 2 aromatic heterocycles. The van der Waals surface area contributed by atoms with E-state index in [0.717, 1.165) is 5.56 Å². The van der Waals surface area contributed by atoms with Gasteiger partial charge in [0.2, 0.25) is 12.4 Å². The van der Waals surface area contributed by atoms with Gasteiger partial charge in [0.15, 0.2) is 11.5 Å². The van der Waals surface area contributed by atoms with Crippen LogP contribution in [-0.4, -0.2) is 51.3 Å². The van der Waals surface area contributed by atoms with E-state index in [2.05, 4.69) is 25.6 Å². The zero-order valence-corrected chi connectivity index (χ0v) is 14.0. The van der Waals surface area contributed by atoms with Crippen molar-refractivity contribution >= 4 is 29.3 Å². The molecule has 136 valence electrons. The number of imidazole rings is 1. The number of carbonyl (C=O) groups excluding carboxylic acids is 1. The van der Waals surface area contributed by atoms with Crippen LogP contribution in [0.1, 0.15) is 5.56 Å². The molecule has 0 unspecified atom stereocenters. The molecule has 0 radical (unpaired) electrons. The summed E-state index contributed by atoms with van der Waals surface area (Å²) in [5.41, 5.74) is 1.03. The van der Waals surface area contributed by atoms with Crippen molar-refractivity contribution in [3.63, 3.8) is 0 Å². The predicted octanol–water partition coefficient (Wildman–Crippen LogP) is 0.149. The molecular weight excluding hydrogens is 340 g/mol. The topological polar surface area (TPSA) is 134 Å². The van der Waals surface area contributed by atoms with Gasteiger partial charge in [0.1, 0.15) is 11.3 Å². The summed E-state index contributed by atoms with van der Waals surface area (Å²) < 4.78 is 6.75. The van der Waals surface area contributed by atoms with Gasteiger partial charge in [-0.3, -0.25) is 9.36 Å². The van der Waals surface area contributed by atoms with E-state index >= 15 is 0 Å². The Morgan fingerprint density at radius 2 is 2.15 bits per heavy atom. The lowest BCUT2D eigenvalue weighted by atomic mass is 10.2. The molecule has 0 aliphatic heterocycles. The van der Waals surface area contributed by atoms with E-state index in [0.29, 0.717) is 23.3 Å². The highest BCUT2D eigenvalue weighted by atomic mass is 16.5. The third kappa shape index (κ3) is 3.35. The van der Waals surface area contributed by atoms with Gasteiger partial charge in [0.05, 0.1) is 20.3 Å². The minimum Gasteiger partial charge on any atom is -0.496 e. The number of H-pyrrole nitrogens is 1. The van der Waals surface area contributed by atoms with Crippen molar-refractivity contribution in [1.29, 1.82) is 0 Å². The van der Waals surface area contributed by atoms with Gasteiger partial charge in [-0.25, -0.2) is 4.79 Å². The number of fused-ring (bicyclic) bond motifs is 1. The standard InChI is InChI=1S/C16H18N6O4/c1-26-11-5-3-2-4-10(11)8-22-14-12(19-16(22)25)13(18-9-24)20-15(21-14)17-6-7-23/h2-5,9,23H,6-8H2,1H3,(H,19,25)(H2,17,18,20,21,24). The molecule has 1 aromatic carbocycles. The molecule has 3 rings (SSSR count). The molecule has 1 amide bonds. The first-order valence-electron chi connectivity index (χ1n) is 7.85. The molecule has 10 heteroatoms. The van der Waals surface area contributed by atoms with Crippen molar-refractivity contribution in [3.8, 4) is 5.75 Å². The molecule has 3 aromatic rings. The number of anilines is 2. The molecule has 2 heterocycles. The van der Waals surface area contributed by atoms with Crippen LogP contribution in [0.3, 0.4) is 0 Å². The monoisotopic (exact) mass is 358 g/mol. The highest BCUT2D eigenvalue weighted by molar-refractivity contribution is 5.89. The second-order valence-corrected chi connectivity index (χ2v) is 5.34. The van der Waals surface area contributed by atoms with Gasteiger partial charge in [-0.15, -0.1) is 0 Å². The molecular formula is C16H18N6O4. The van der Waals surface area contributed by atoms with E-state index in [1.165, 1.54) is 4.57 Å². The Bertz CT molecular complexity index is 981. The van der Waals surface area contributed by atoms with Gasteiger partial charge < -0.3 is 25.5 Å². The Morgan fingerprint density at radius 3 is 2.88 bits per heavy atom. The third-order valence-corrected chi connectivity index (χ3v) is 3.73. The summed E-state index contributed by atoms with van der Waals surface area (Å²) in [5.74, 6) is 0.998. The smallest absolute Gasteiger partial charge is 0.328 e. The van der Waals surface area contributed by atoms with Gasteiger partial charge in [0, 0.05) is 12.1 Å². The van der Waals surface area contributed by atoms with Gasteiger partial charge >= 0.3 is 5.69 Å². The van der Waals surface area contributed by atoms with Crippen molar-refractivity contribution in [3.05, 3.63) is 40.3 Å². The fourth-order valence-electron chi connectivity index (χ4n) is 2.59. The van der Waals surface area contributed by atoms with Crippen LogP contribution in [0, 0.1) is 0 Å². The van der Waals surface area contributed by atoms with Gasteiger partial charge in [0.25, 0.3) is 0 Å². The highest BCUT2D eigenvalue weighted by Gasteiger charge is 2.16. The number of aliphatic hydroxyl groups excluding tert-OH is 1. The lowest BCUT2D eigenvalue weighted by Crippen LogP contribution is -2.18. The van der Waals surface area contributed by atoms with E-state index in [-0.39, 0.29) is 31.5 Å². The van der Waals surface area contributed by atoms with Gasteiger partial charge in [-0.05, 0) is 6.07 Å². The normalized spacial score (nSPS) is 10.7. The maximum Gasteiger partial charge on any atom is 0.328 e. The maximum absolute atomic E-state index is 12.4. The number of hydrogen-bond donors (Lipinski definition) is 4. The maximum atomic E-state index is 12.4. The number of aliphatic hydroxyl groups is 1. The summed E-state index contributed by atoms with van der Waals surface area (Å²) in [6, 6.07) is 7.34. The lowest BCUT2D eigenvalue weighted by molar-refractivity contribution is -0.105. The fraction of sp³-hybridized carbons (Fsp3) is 0.250. The van der Waals surface area contributed by atoms with Crippen LogP contribution in [0.4, 0.5) is 11.8 Å². The second kappa shape index (κ2) is 7.66. The average molecular weight is 358 g/mol. The van der Waals surface area contributed by atoms with E-state index in [1.807, 2.05) is 18.2 Å². The zero-order valence-electron chi connectivity index (χ0n) is 14.0. The van der Waals surface area contributed by atoms with Crippen molar-refractivity contribution < 1.29 is 14.6 Å².